The number of aromatic nitrogens is 2. The van der Waals surface area contributed by atoms with E-state index in [1.165, 1.54) is 0 Å². The smallest absolute Gasteiger partial charge is 0.259 e. The van der Waals surface area contributed by atoms with Gasteiger partial charge in [-0.15, -0.1) is 0 Å². The van der Waals surface area contributed by atoms with Gasteiger partial charge in [0.2, 0.25) is 0 Å². The van der Waals surface area contributed by atoms with Crippen molar-refractivity contribution < 1.29 is 4.52 Å². The van der Waals surface area contributed by atoms with E-state index in [2.05, 4.69) is 27.7 Å². The van der Waals surface area contributed by atoms with Crippen molar-refractivity contribution in [3.63, 3.8) is 0 Å². The normalized spacial score (nSPS) is 22.3. The lowest BCUT2D eigenvalue weighted by Crippen LogP contribution is -2.43. The first kappa shape index (κ1) is 13.5. The van der Waals surface area contributed by atoms with Crippen LogP contribution in [0.25, 0.3) is 11.5 Å². The Bertz CT molecular complexity index is 592. The van der Waals surface area contributed by atoms with Gasteiger partial charge >= 0.3 is 0 Å². The van der Waals surface area contributed by atoms with E-state index in [-0.39, 0.29) is 5.54 Å². The number of rotatable bonds is 4. The second-order valence-corrected chi connectivity index (χ2v) is 5.74. The molecule has 0 amide bonds. The van der Waals surface area contributed by atoms with Crippen LogP contribution in [-0.4, -0.2) is 28.8 Å². The van der Waals surface area contributed by atoms with Gasteiger partial charge < -0.3 is 15.2 Å². The van der Waals surface area contributed by atoms with E-state index in [1.807, 2.05) is 24.3 Å². The van der Waals surface area contributed by atoms with Gasteiger partial charge in [0.15, 0.2) is 5.82 Å². The Labute approximate surface area is 122 Å². The average molecular weight is 293 g/mol. The molecule has 106 valence electrons. The van der Waals surface area contributed by atoms with Crippen LogP contribution in [0.3, 0.4) is 0 Å². The molecule has 1 unspecified atom stereocenters. The summed E-state index contributed by atoms with van der Waals surface area (Å²) in [4.78, 5) is 4.39. The van der Waals surface area contributed by atoms with E-state index in [0.717, 1.165) is 25.1 Å². The van der Waals surface area contributed by atoms with E-state index in [1.54, 1.807) is 0 Å². The van der Waals surface area contributed by atoms with Crippen molar-refractivity contribution in [2.45, 2.75) is 25.4 Å². The van der Waals surface area contributed by atoms with Crippen LogP contribution in [0.15, 0.2) is 28.8 Å². The minimum Gasteiger partial charge on any atom is -0.334 e. The van der Waals surface area contributed by atoms with Crippen molar-refractivity contribution in [3.8, 4) is 11.5 Å². The van der Waals surface area contributed by atoms with Gasteiger partial charge in [-0.1, -0.05) is 28.9 Å². The zero-order valence-electron chi connectivity index (χ0n) is 11.3. The highest BCUT2D eigenvalue weighted by atomic mass is 35.5. The summed E-state index contributed by atoms with van der Waals surface area (Å²) in [6, 6.07) is 7.45. The Morgan fingerprint density at radius 3 is 3.05 bits per heavy atom. The zero-order valence-corrected chi connectivity index (χ0v) is 12.1. The summed E-state index contributed by atoms with van der Waals surface area (Å²) in [5.41, 5.74) is 0.868. The number of nitrogens with one attached hydrogen (secondary N) is 2. The van der Waals surface area contributed by atoms with Crippen molar-refractivity contribution in [2.24, 2.45) is 0 Å². The number of hydrogen-bond acceptors (Lipinski definition) is 5. The number of nitrogens with zero attached hydrogens (tertiary/aromatic N) is 2. The Morgan fingerprint density at radius 1 is 1.45 bits per heavy atom. The van der Waals surface area contributed by atoms with Gasteiger partial charge in [0.05, 0.1) is 17.1 Å². The molecule has 1 saturated heterocycles. The molecule has 0 aliphatic carbocycles. The lowest BCUT2D eigenvalue weighted by atomic mass is 10.0. The molecule has 2 aromatic rings. The minimum atomic E-state index is 0.102. The molecule has 1 aliphatic heterocycles. The van der Waals surface area contributed by atoms with E-state index in [9.17, 15) is 0 Å². The van der Waals surface area contributed by atoms with Crippen molar-refractivity contribution in [1.29, 1.82) is 0 Å². The highest BCUT2D eigenvalue weighted by molar-refractivity contribution is 6.33. The molecular weight excluding hydrogens is 276 g/mol. The molecule has 5 nitrogen and oxygen atoms in total. The second-order valence-electron chi connectivity index (χ2n) is 5.34. The molecule has 1 fully saturated rings. The van der Waals surface area contributed by atoms with Gasteiger partial charge in [0.25, 0.3) is 5.89 Å². The van der Waals surface area contributed by atoms with Crippen LogP contribution in [0.2, 0.25) is 5.02 Å². The largest absolute Gasteiger partial charge is 0.334 e. The third kappa shape index (κ3) is 2.85. The molecule has 0 saturated carbocycles. The Balaban J connectivity index is 1.70. The highest BCUT2D eigenvalue weighted by Crippen LogP contribution is 2.25. The number of halogens is 1. The molecule has 1 aliphatic rings. The maximum absolute atomic E-state index is 6.12. The first-order valence-electron chi connectivity index (χ1n) is 6.70. The molecule has 3 rings (SSSR count). The fourth-order valence-corrected chi connectivity index (χ4v) is 2.55. The quantitative estimate of drug-likeness (QED) is 0.905. The molecular formula is C14H17ClN4O. The first-order valence-corrected chi connectivity index (χ1v) is 7.07. The summed E-state index contributed by atoms with van der Waals surface area (Å²) in [6.45, 7) is 4.79. The maximum Gasteiger partial charge on any atom is 0.259 e. The first-order chi connectivity index (χ1) is 9.66. The van der Waals surface area contributed by atoms with Crippen LogP contribution in [0, 0.1) is 0 Å². The second kappa shape index (κ2) is 5.52. The van der Waals surface area contributed by atoms with Gasteiger partial charge in [0, 0.05) is 12.1 Å². The van der Waals surface area contributed by atoms with Crippen LogP contribution in [0.5, 0.6) is 0 Å². The summed E-state index contributed by atoms with van der Waals surface area (Å²) >= 11 is 6.12. The third-order valence-corrected chi connectivity index (χ3v) is 3.94. The SMILES string of the molecule is CC1(NCc2noc(-c3ccccc3Cl)n2)CCNC1. The predicted molar refractivity (Wildman–Crippen MR) is 77.5 cm³/mol. The number of benzene rings is 1. The van der Waals surface area contributed by atoms with Crippen molar-refractivity contribution >= 4 is 11.6 Å². The molecule has 1 aromatic heterocycles. The van der Waals surface area contributed by atoms with Crippen LogP contribution in [0.4, 0.5) is 0 Å². The lowest BCUT2D eigenvalue weighted by molar-refractivity contribution is 0.368. The van der Waals surface area contributed by atoms with Gasteiger partial charge in [-0.2, -0.15) is 4.98 Å². The van der Waals surface area contributed by atoms with E-state index in [0.29, 0.717) is 23.3 Å². The molecule has 6 heteroatoms. The fourth-order valence-electron chi connectivity index (χ4n) is 2.33. The Kier molecular flexibility index (Phi) is 3.74. The molecule has 2 N–H and O–H groups in total. The standard InChI is InChI=1S/C14H17ClN4O/c1-14(6-7-16-9-14)17-8-12-18-13(20-19-12)10-4-2-3-5-11(10)15/h2-5,16-17H,6-9H2,1H3. The summed E-state index contributed by atoms with van der Waals surface area (Å²) in [5, 5.41) is 11.4. The summed E-state index contributed by atoms with van der Waals surface area (Å²) in [5.74, 6) is 1.11. The molecule has 20 heavy (non-hydrogen) atoms. The van der Waals surface area contributed by atoms with Crippen molar-refractivity contribution in [2.75, 3.05) is 13.1 Å². The van der Waals surface area contributed by atoms with Crippen LogP contribution in [-0.2, 0) is 6.54 Å². The molecule has 1 atom stereocenters. The lowest BCUT2D eigenvalue weighted by Gasteiger charge is -2.23. The fraction of sp³-hybridized carbons (Fsp3) is 0.429. The van der Waals surface area contributed by atoms with Crippen molar-refractivity contribution in [1.82, 2.24) is 20.8 Å². The Morgan fingerprint density at radius 2 is 2.30 bits per heavy atom. The summed E-state index contributed by atoms with van der Waals surface area (Å²) in [7, 11) is 0. The topological polar surface area (TPSA) is 63.0 Å². The van der Waals surface area contributed by atoms with Crippen LogP contribution >= 0.6 is 11.6 Å². The van der Waals surface area contributed by atoms with Crippen LogP contribution < -0.4 is 10.6 Å². The molecule has 0 radical (unpaired) electrons. The van der Waals surface area contributed by atoms with Crippen molar-refractivity contribution in [3.05, 3.63) is 35.1 Å². The molecule has 0 spiro atoms. The molecule has 0 bridgehead atoms. The average Bonchev–Trinajstić information content (AvgIpc) is 3.07. The monoisotopic (exact) mass is 292 g/mol. The summed E-state index contributed by atoms with van der Waals surface area (Å²) < 4.78 is 5.28. The van der Waals surface area contributed by atoms with E-state index < -0.39 is 0 Å². The predicted octanol–water partition coefficient (Wildman–Crippen LogP) is 2.23. The van der Waals surface area contributed by atoms with Gasteiger partial charge in [-0.05, 0) is 32.0 Å². The highest BCUT2D eigenvalue weighted by Gasteiger charge is 2.28. The zero-order chi connectivity index (χ0) is 14.0. The van der Waals surface area contributed by atoms with E-state index >= 15 is 0 Å². The molecule has 2 heterocycles. The maximum atomic E-state index is 6.12. The van der Waals surface area contributed by atoms with Crippen LogP contribution in [0.1, 0.15) is 19.2 Å². The Hall–Kier alpha value is -1.43. The third-order valence-electron chi connectivity index (χ3n) is 3.61. The van der Waals surface area contributed by atoms with Gasteiger partial charge in [0.1, 0.15) is 0 Å². The minimum absolute atomic E-state index is 0.102. The molecule has 1 aromatic carbocycles. The number of hydrogen-bond donors (Lipinski definition) is 2. The van der Waals surface area contributed by atoms with Gasteiger partial charge in [-0.3, -0.25) is 0 Å². The van der Waals surface area contributed by atoms with Gasteiger partial charge in [-0.25, -0.2) is 0 Å². The summed E-state index contributed by atoms with van der Waals surface area (Å²) in [6.07, 6.45) is 1.10. The van der Waals surface area contributed by atoms with E-state index in [4.69, 9.17) is 16.1 Å².